The molecule has 1 aliphatic carbocycles. The van der Waals surface area contributed by atoms with Crippen molar-refractivity contribution in [1.82, 2.24) is 10.2 Å². The van der Waals surface area contributed by atoms with Gasteiger partial charge in [-0.2, -0.15) is 0 Å². The number of rotatable bonds is 1. The maximum Gasteiger partial charge on any atom is 0.318 e. The summed E-state index contributed by atoms with van der Waals surface area (Å²) in [7, 11) is 0. The van der Waals surface area contributed by atoms with E-state index in [2.05, 4.69) is 35.9 Å². The van der Waals surface area contributed by atoms with Crippen molar-refractivity contribution in [3.05, 3.63) is 5.89 Å². The van der Waals surface area contributed by atoms with Crippen LogP contribution in [-0.4, -0.2) is 35.5 Å². The third kappa shape index (κ3) is 2.48. The van der Waals surface area contributed by atoms with Gasteiger partial charge in [0.15, 0.2) is 0 Å². The van der Waals surface area contributed by atoms with Gasteiger partial charge in [0.05, 0.1) is 18.8 Å². The molecule has 2 heterocycles. The first-order valence-electron chi connectivity index (χ1n) is 7.21. The molecule has 5 heteroatoms. The summed E-state index contributed by atoms with van der Waals surface area (Å²) in [6, 6.07) is 0.652. The second-order valence-corrected chi connectivity index (χ2v) is 6.80. The molecule has 1 spiro atoms. The lowest BCUT2D eigenvalue weighted by molar-refractivity contribution is -0.0513. The number of nitrogens with zero attached hydrogens (tertiary/aromatic N) is 3. The molecule has 0 aromatic carbocycles. The van der Waals surface area contributed by atoms with Gasteiger partial charge in [0.2, 0.25) is 5.89 Å². The van der Waals surface area contributed by atoms with Gasteiger partial charge in [-0.05, 0) is 12.8 Å². The maximum atomic E-state index is 6.02. The molecule has 0 atom stereocenters. The van der Waals surface area contributed by atoms with Crippen molar-refractivity contribution in [1.29, 1.82) is 0 Å². The number of ether oxygens (including phenoxy) is 1. The molecule has 19 heavy (non-hydrogen) atoms. The van der Waals surface area contributed by atoms with Gasteiger partial charge in [-0.3, -0.25) is 0 Å². The Hall–Kier alpha value is -1.10. The summed E-state index contributed by atoms with van der Waals surface area (Å²) < 4.78 is 11.9. The van der Waals surface area contributed by atoms with E-state index in [4.69, 9.17) is 9.15 Å². The van der Waals surface area contributed by atoms with Crippen molar-refractivity contribution < 1.29 is 9.15 Å². The summed E-state index contributed by atoms with van der Waals surface area (Å²) in [5, 5.41) is 8.39. The molecule has 3 rings (SSSR count). The van der Waals surface area contributed by atoms with Crippen LogP contribution >= 0.6 is 0 Å². The van der Waals surface area contributed by atoms with Gasteiger partial charge in [0.1, 0.15) is 0 Å². The predicted octanol–water partition coefficient (Wildman–Crippen LogP) is 2.52. The smallest absolute Gasteiger partial charge is 0.318 e. The largest absolute Gasteiger partial charge is 0.407 e. The summed E-state index contributed by atoms with van der Waals surface area (Å²) in [6.07, 6.45) is 4.85. The molecule has 0 N–H and O–H groups in total. The molecule has 1 saturated carbocycles. The van der Waals surface area contributed by atoms with Gasteiger partial charge in [0, 0.05) is 12.0 Å². The van der Waals surface area contributed by atoms with Crippen LogP contribution in [0.25, 0.3) is 0 Å². The molecule has 2 aliphatic rings. The Bertz CT molecular complexity index is 444. The van der Waals surface area contributed by atoms with E-state index >= 15 is 0 Å². The number of hydrogen-bond donors (Lipinski definition) is 0. The Balaban J connectivity index is 1.76. The van der Waals surface area contributed by atoms with Crippen LogP contribution < -0.4 is 4.90 Å². The highest BCUT2D eigenvalue weighted by Crippen LogP contribution is 2.37. The molecule has 1 aromatic heterocycles. The monoisotopic (exact) mass is 265 g/mol. The van der Waals surface area contributed by atoms with Crippen LogP contribution in [0.15, 0.2) is 4.42 Å². The lowest BCUT2D eigenvalue weighted by Gasteiger charge is -2.39. The van der Waals surface area contributed by atoms with Crippen molar-refractivity contribution in [2.45, 2.75) is 57.5 Å². The topological polar surface area (TPSA) is 51.4 Å². The normalized spacial score (nSPS) is 23.2. The molecule has 5 nitrogen and oxygen atoms in total. The number of aromatic nitrogens is 2. The van der Waals surface area contributed by atoms with E-state index in [-0.39, 0.29) is 11.0 Å². The van der Waals surface area contributed by atoms with Gasteiger partial charge in [-0.15, -0.1) is 5.10 Å². The van der Waals surface area contributed by atoms with Crippen LogP contribution in [0, 0.1) is 0 Å². The molecular weight excluding hydrogens is 242 g/mol. The van der Waals surface area contributed by atoms with Crippen LogP contribution in [0.1, 0.15) is 52.3 Å². The van der Waals surface area contributed by atoms with Crippen LogP contribution in [0.5, 0.6) is 0 Å². The van der Waals surface area contributed by atoms with Gasteiger partial charge < -0.3 is 14.1 Å². The maximum absolute atomic E-state index is 6.02. The third-order valence-corrected chi connectivity index (χ3v) is 4.09. The van der Waals surface area contributed by atoms with E-state index in [9.17, 15) is 0 Å². The summed E-state index contributed by atoms with van der Waals surface area (Å²) >= 11 is 0. The van der Waals surface area contributed by atoms with E-state index in [1.54, 1.807) is 0 Å². The van der Waals surface area contributed by atoms with E-state index < -0.39 is 0 Å². The third-order valence-electron chi connectivity index (χ3n) is 4.09. The highest BCUT2D eigenvalue weighted by Gasteiger charge is 2.40. The van der Waals surface area contributed by atoms with Crippen LogP contribution in [0.2, 0.25) is 0 Å². The minimum absolute atomic E-state index is 0.0363. The molecule has 0 radical (unpaired) electrons. The Kier molecular flexibility index (Phi) is 3.04. The van der Waals surface area contributed by atoms with Gasteiger partial charge >= 0.3 is 6.01 Å². The van der Waals surface area contributed by atoms with Crippen LogP contribution in [-0.2, 0) is 10.2 Å². The molecule has 2 fully saturated rings. The average molecular weight is 265 g/mol. The predicted molar refractivity (Wildman–Crippen MR) is 72.4 cm³/mol. The number of morpholine rings is 1. The summed E-state index contributed by atoms with van der Waals surface area (Å²) in [5.74, 6) is 0.703. The Morgan fingerprint density at radius 1 is 1.16 bits per heavy atom. The second-order valence-electron chi connectivity index (χ2n) is 6.80. The highest BCUT2D eigenvalue weighted by atomic mass is 16.5. The first-order chi connectivity index (χ1) is 8.99. The average Bonchev–Trinajstić information content (AvgIpc) is 2.98. The lowest BCUT2D eigenvalue weighted by Crippen LogP contribution is -2.50. The zero-order valence-corrected chi connectivity index (χ0v) is 12.1. The fourth-order valence-corrected chi connectivity index (χ4v) is 2.98. The van der Waals surface area contributed by atoms with E-state index in [1.165, 1.54) is 12.8 Å². The van der Waals surface area contributed by atoms with E-state index in [0.29, 0.717) is 11.9 Å². The first kappa shape index (κ1) is 12.9. The van der Waals surface area contributed by atoms with Crippen molar-refractivity contribution >= 4 is 6.01 Å². The summed E-state index contributed by atoms with van der Waals surface area (Å²) in [4.78, 5) is 2.19. The van der Waals surface area contributed by atoms with Crippen LogP contribution in [0.3, 0.4) is 0 Å². The molecule has 1 saturated heterocycles. The van der Waals surface area contributed by atoms with Crippen molar-refractivity contribution in [3.8, 4) is 0 Å². The van der Waals surface area contributed by atoms with E-state index in [1.807, 2.05) is 0 Å². The van der Waals surface area contributed by atoms with Crippen molar-refractivity contribution in [2.24, 2.45) is 0 Å². The minimum Gasteiger partial charge on any atom is -0.407 e. The number of hydrogen-bond acceptors (Lipinski definition) is 5. The minimum atomic E-state index is -0.0947. The lowest BCUT2D eigenvalue weighted by atomic mass is 9.97. The summed E-state index contributed by atoms with van der Waals surface area (Å²) in [5.41, 5.74) is -0.0583. The van der Waals surface area contributed by atoms with Gasteiger partial charge in [-0.25, -0.2) is 0 Å². The fourth-order valence-electron chi connectivity index (χ4n) is 2.98. The standard InChI is InChI=1S/C14H23N3O2/c1-13(2,3)11-15-16-12(19-11)17-8-9-18-14(10-17)6-4-5-7-14/h4-10H2,1-3H3. The molecule has 1 aliphatic heterocycles. The Morgan fingerprint density at radius 2 is 1.89 bits per heavy atom. The zero-order chi connectivity index (χ0) is 13.5. The molecule has 0 unspecified atom stereocenters. The van der Waals surface area contributed by atoms with E-state index in [0.717, 1.165) is 32.5 Å². The second kappa shape index (κ2) is 4.47. The zero-order valence-electron chi connectivity index (χ0n) is 12.1. The van der Waals surface area contributed by atoms with Crippen LogP contribution in [0.4, 0.5) is 6.01 Å². The Morgan fingerprint density at radius 3 is 2.53 bits per heavy atom. The molecule has 0 bridgehead atoms. The molecule has 0 amide bonds. The number of anilines is 1. The summed E-state index contributed by atoms with van der Waals surface area (Å²) in [6.45, 7) is 8.74. The molecule has 106 valence electrons. The quantitative estimate of drug-likeness (QED) is 0.781. The van der Waals surface area contributed by atoms with Crippen molar-refractivity contribution in [2.75, 3.05) is 24.6 Å². The molecular formula is C14H23N3O2. The first-order valence-corrected chi connectivity index (χ1v) is 7.21. The van der Waals surface area contributed by atoms with Gasteiger partial charge in [-0.1, -0.05) is 38.7 Å². The highest BCUT2D eigenvalue weighted by molar-refractivity contribution is 5.27. The van der Waals surface area contributed by atoms with Crippen molar-refractivity contribution in [3.63, 3.8) is 0 Å². The SMILES string of the molecule is CC(C)(C)c1nnc(N2CCOC3(CCCC3)C2)o1. The Labute approximate surface area is 114 Å². The molecule has 1 aromatic rings. The fraction of sp³-hybridized carbons (Fsp3) is 0.857. The van der Waals surface area contributed by atoms with Gasteiger partial charge in [0.25, 0.3) is 0 Å².